The molecule has 1 aromatic rings. The van der Waals surface area contributed by atoms with Crippen molar-refractivity contribution in [2.75, 3.05) is 20.1 Å². The van der Waals surface area contributed by atoms with Gasteiger partial charge in [0.15, 0.2) is 0 Å². The van der Waals surface area contributed by atoms with Crippen molar-refractivity contribution < 1.29 is 9.90 Å². The lowest BCUT2D eigenvalue weighted by molar-refractivity contribution is -0.139. The molecule has 2 unspecified atom stereocenters. The maximum absolute atomic E-state index is 12.3. The predicted molar refractivity (Wildman–Crippen MR) is 66.8 cm³/mol. The van der Waals surface area contributed by atoms with Gasteiger partial charge in [-0.1, -0.05) is 6.92 Å². The first kappa shape index (κ1) is 13.0. The molecule has 0 spiro atoms. The van der Waals surface area contributed by atoms with E-state index >= 15 is 0 Å². The molecule has 0 saturated carbocycles. The molecule has 0 aromatic carbocycles. The molecule has 18 heavy (non-hydrogen) atoms. The number of amides is 1. The molecule has 0 saturated heterocycles. The Bertz CT molecular complexity index is 418. The maximum atomic E-state index is 12.3. The lowest BCUT2D eigenvalue weighted by Crippen LogP contribution is -2.44. The average molecular weight is 252 g/mol. The Morgan fingerprint density at radius 1 is 1.72 bits per heavy atom. The second-order valence-electron chi connectivity index (χ2n) is 4.80. The molecule has 1 aliphatic heterocycles. The normalized spacial score (nSPS) is 18.3. The molecule has 0 bridgehead atoms. The molecular formula is C12H20N4O2. The number of carbonyl (C=O) groups is 1. The summed E-state index contributed by atoms with van der Waals surface area (Å²) in [5.74, 6) is -0.379. The highest BCUT2D eigenvalue weighted by Gasteiger charge is 2.29. The molecule has 2 atom stereocenters. The molecule has 0 radical (unpaired) electrons. The van der Waals surface area contributed by atoms with Gasteiger partial charge in [-0.25, -0.2) is 0 Å². The first-order chi connectivity index (χ1) is 8.63. The minimum Gasteiger partial charge on any atom is -0.391 e. The first-order valence-electron chi connectivity index (χ1n) is 6.26. The summed E-state index contributed by atoms with van der Waals surface area (Å²) in [6.07, 6.45) is 1.92. The van der Waals surface area contributed by atoms with E-state index in [1.54, 1.807) is 25.1 Å². The highest BCUT2D eigenvalue weighted by atomic mass is 16.3. The minimum atomic E-state index is -0.645. The van der Waals surface area contributed by atoms with E-state index in [-0.39, 0.29) is 11.8 Å². The summed E-state index contributed by atoms with van der Waals surface area (Å²) < 4.78 is 0. The van der Waals surface area contributed by atoms with Crippen LogP contribution in [-0.2, 0) is 17.8 Å². The Morgan fingerprint density at radius 3 is 3.22 bits per heavy atom. The monoisotopic (exact) mass is 252 g/mol. The van der Waals surface area contributed by atoms with Gasteiger partial charge >= 0.3 is 0 Å². The van der Waals surface area contributed by atoms with E-state index in [0.29, 0.717) is 19.6 Å². The Hall–Kier alpha value is -1.40. The second-order valence-corrected chi connectivity index (χ2v) is 4.80. The zero-order chi connectivity index (χ0) is 13.1. The first-order valence-corrected chi connectivity index (χ1v) is 6.26. The van der Waals surface area contributed by atoms with Crippen LogP contribution in [0.25, 0.3) is 0 Å². The summed E-state index contributed by atoms with van der Waals surface area (Å²) in [4.78, 5) is 14.0. The SMILES string of the molecule is CNCC(O)C(C)C(=O)N1CCc2[nH]ncc2C1. The van der Waals surface area contributed by atoms with Gasteiger partial charge in [-0.15, -0.1) is 0 Å². The third kappa shape index (κ3) is 2.54. The number of carbonyl (C=O) groups excluding carboxylic acids is 1. The van der Waals surface area contributed by atoms with Gasteiger partial charge in [-0.2, -0.15) is 5.10 Å². The third-order valence-electron chi connectivity index (χ3n) is 3.49. The van der Waals surface area contributed by atoms with E-state index in [2.05, 4.69) is 15.5 Å². The van der Waals surface area contributed by atoms with Gasteiger partial charge in [-0.3, -0.25) is 9.89 Å². The number of aromatic nitrogens is 2. The Morgan fingerprint density at radius 2 is 2.50 bits per heavy atom. The molecule has 6 heteroatoms. The van der Waals surface area contributed by atoms with Crippen LogP contribution < -0.4 is 5.32 Å². The van der Waals surface area contributed by atoms with Gasteiger partial charge < -0.3 is 15.3 Å². The maximum Gasteiger partial charge on any atom is 0.228 e. The van der Waals surface area contributed by atoms with Gasteiger partial charge in [0.05, 0.1) is 18.2 Å². The van der Waals surface area contributed by atoms with Gasteiger partial charge in [-0.05, 0) is 7.05 Å². The molecule has 0 fully saturated rings. The van der Waals surface area contributed by atoms with Crippen molar-refractivity contribution in [3.05, 3.63) is 17.5 Å². The van der Waals surface area contributed by atoms with E-state index in [4.69, 9.17) is 0 Å². The highest BCUT2D eigenvalue weighted by molar-refractivity contribution is 5.79. The van der Waals surface area contributed by atoms with E-state index < -0.39 is 6.10 Å². The van der Waals surface area contributed by atoms with Crippen LogP contribution in [0, 0.1) is 5.92 Å². The van der Waals surface area contributed by atoms with Crippen molar-refractivity contribution in [3.8, 4) is 0 Å². The van der Waals surface area contributed by atoms with Crippen molar-refractivity contribution in [3.63, 3.8) is 0 Å². The number of rotatable bonds is 4. The molecule has 3 N–H and O–H groups in total. The van der Waals surface area contributed by atoms with Gasteiger partial charge in [0.25, 0.3) is 0 Å². The summed E-state index contributed by atoms with van der Waals surface area (Å²) in [7, 11) is 1.76. The zero-order valence-electron chi connectivity index (χ0n) is 10.8. The Kier molecular flexibility index (Phi) is 3.98. The Labute approximate surface area is 106 Å². The van der Waals surface area contributed by atoms with Gasteiger partial charge in [0.1, 0.15) is 0 Å². The highest BCUT2D eigenvalue weighted by Crippen LogP contribution is 2.19. The number of nitrogens with zero attached hydrogens (tertiary/aromatic N) is 2. The summed E-state index contributed by atoms with van der Waals surface area (Å²) in [5, 5.41) is 19.7. The van der Waals surface area contributed by atoms with Crippen molar-refractivity contribution in [1.29, 1.82) is 0 Å². The summed E-state index contributed by atoms with van der Waals surface area (Å²) in [6, 6.07) is 0. The molecule has 1 amide bonds. The number of hydrogen-bond acceptors (Lipinski definition) is 4. The van der Waals surface area contributed by atoms with Crippen LogP contribution in [0.1, 0.15) is 18.2 Å². The minimum absolute atomic E-state index is 0.00426. The van der Waals surface area contributed by atoms with Crippen LogP contribution in [0.15, 0.2) is 6.20 Å². The number of fused-ring (bicyclic) bond motifs is 1. The molecule has 100 valence electrons. The van der Waals surface area contributed by atoms with E-state index in [9.17, 15) is 9.90 Å². The topological polar surface area (TPSA) is 81.2 Å². The fourth-order valence-electron chi connectivity index (χ4n) is 2.25. The average Bonchev–Trinajstić information content (AvgIpc) is 2.84. The molecule has 2 heterocycles. The lowest BCUT2D eigenvalue weighted by atomic mass is 10.0. The third-order valence-corrected chi connectivity index (χ3v) is 3.49. The lowest BCUT2D eigenvalue weighted by Gasteiger charge is -2.30. The van der Waals surface area contributed by atoms with Crippen LogP contribution in [0.2, 0.25) is 0 Å². The largest absolute Gasteiger partial charge is 0.391 e. The molecule has 1 aromatic heterocycles. The van der Waals surface area contributed by atoms with Crippen molar-refractivity contribution in [2.45, 2.75) is 26.0 Å². The van der Waals surface area contributed by atoms with Crippen LogP contribution in [0.3, 0.4) is 0 Å². The smallest absolute Gasteiger partial charge is 0.228 e. The standard InChI is InChI=1S/C12H20N4O2/c1-8(11(17)6-13-2)12(18)16-4-3-10-9(7-16)5-14-15-10/h5,8,11,13,17H,3-4,6-7H2,1-2H3,(H,14,15). The molecule has 6 nitrogen and oxygen atoms in total. The van der Waals surface area contributed by atoms with Crippen molar-refractivity contribution >= 4 is 5.91 Å². The molecular weight excluding hydrogens is 232 g/mol. The molecule has 1 aliphatic rings. The molecule has 0 aliphatic carbocycles. The van der Waals surface area contributed by atoms with Gasteiger partial charge in [0.2, 0.25) is 5.91 Å². The summed E-state index contributed by atoms with van der Waals surface area (Å²) in [6.45, 7) is 3.47. The quantitative estimate of drug-likeness (QED) is 0.675. The number of aromatic amines is 1. The second kappa shape index (κ2) is 5.49. The number of aliphatic hydroxyl groups excluding tert-OH is 1. The van der Waals surface area contributed by atoms with Crippen LogP contribution in [0.5, 0.6) is 0 Å². The number of nitrogens with one attached hydrogen (secondary N) is 2. The summed E-state index contributed by atoms with van der Waals surface area (Å²) in [5.41, 5.74) is 2.19. The summed E-state index contributed by atoms with van der Waals surface area (Å²) >= 11 is 0. The predicted octanol–water partition coefficient (Wildman–Crippen LogP) is -0.489. The van der Waals surface area contributed by atoms with E-state index in [0.717, 1.165) is 17.7 Å². The van der Waals surface area contributed by atoms with Crippen molar-refractivity contribution in [1.82, 2.24) is 20.4 Å². The van der Waals surface area contributed by atoms with Gasteiger partial charge in [0, 0.05) is 37.3 Å². The van der Waals surface area contributed by atoms with Crippen LogP contribution in [0.4, 0.5) is 0 Å². The van der Waals surface area contributed by atoms with Crippen LogP contribution in [-0.4, -0.2) is 52.4 Å². The number of H-pyrrole nitrogens is 1. The van der Waals surface area contributed by atoms with E-state index in [1.807, 2.05) is 0 Å². The number of hydrogen-bond donors (Lipinski definition) is 3. The van der Waals surface area contributed by atoms with Crippen molar-refractivity contribution in [2.24, 2.45) is 5.92 Å². The van der Waals surface area contributed by atoms with Crippen LogP contribution >= 0.6 is 0 Å². The fourth-order valence-corrected chi connectivity index (χ4v) is 2.25. The Balaban J connectivity index is 1.98. The van der Waals surface area contributed by atoms with E-state index in [1.165, 1.54) is 0 Å². The molecule has 2 rings (SSSR count). The fraction of sp³-hybridized carbons (Fsp3) is 0.667. The number of likely N-dealkylation sites (N-methyl/N-ethyl adjacent to an activating group) is 1. The number of aliphatic hydroxyl groups is 1. The zero-order valence-corrected chi connectivity index (χ0v) is 10.8.